The van der Waals surface area contributed by atoms with E-state index in [1.54, 1.807) is 0 Å². The highest BCUT2D eigenvalue weighted by atomic mass is 16.6. The number of hydrogen-bond acceptors (Lipinski definition) is 6. The predicted molar refractivity (Wildman–Crippen MR) is 270 cm³/mol. The van der Waals surface area contributed by atoms with Crippen molar-refractivity contribution in [1.29, 1.82) is 0 Å². The van der Waals surface area contributed by atoms with Crippen molar-refractivity contribution in [2.45, 2.75) is 322 Å². The second kappa shape index (κ2) is 52.8. The van der Waals surface area contributed by atoms with Crippen LogP contribution in [0, 0.1) is 0 Å². The molecule has 0 N–H and O–H groups in total. The van der Waals surface area contributed by atoms with E-state index in [2.05, 4.69) is 32.9 Å². The van der Waals surface area contributed by atoms with Crippen molar-refractivity contribution in [3.8, 4) is 0 Å². The molecule has 0 heterocycles. The third-order valence-electron chi connectivity index (χ3n) is 12.8. The minimum absolute atomic E-state index is 0.0688. The summed E-state index contributed by atoms with van der Waals surface area (Å²) in [6.45, 7) is 6.58. The molecule has 0 rings (SSSR count). The number of ether oxygens (including phenoxy) is 3. The van der Waals surface area contributed by atoms with Gasteiger partial charge in [0.25, 0.3) is 0 Å². The third-order valence-corrected chi connectivity index (χ3v) is 12.8. The highest BCUT2D eigenvalue weighted by Gasteiger charge is 2.19. The number of hydrogen-bond donors (Lipinski definition) is 0. The lowest BCUT2D eigenvalue weighted by atomic mass is 10.0. The summed E-state index contributed by atoms with van der Waals surface area (Å²) in [7, 11) is 0. The topological polar surface area (TPSA) is 78.9 Å². The van der Waals surface area contributed by atoms with Gasteiger partial charge in [-0.1, -0.05) is 270 Å². The van der Waals surface area contributed by atoms with Gasteiger partial charge >= 0.3 is 17.9 Å². The molecule has 0 fully saturated rings. The standard InChI is InChI=1S/C57H108O6/c1-4-7-10-13-16-19-21-22-23-24-25-26-27-28-29-30-31-32-33-34-35-36-37-39-41-44-47-50-56(59)62-53-54(52-61-55(58)49-46-43-40-18-15-12-9-6-3)63-57(60)51-48-45-42-38-20-17-14-11-8-5-2/h11,14,54H,4-10,12-13,15-53H2,1-3H3/b14-11-. The van der Waals surface area contributed by atoms with E-state index in [0.29, 0.717) is 19.3 Å². The maximum atomic E-state index is 12.7. The lowest BCUT2D eigenvalue weighted by Gasteiger charge is -2.18. The largest absolute Gasteiger partial charge is 0.462 e. The zero-order chi connectivity index (χ0) is 45.8. The molecule has 0 saturated carbocycles. The van der Waals surface area contributed by atoms with E-state index in [1.165, 1.54) is 205 Å². The predicted octanol–water partition coefficient (Wildman–Crippen LogP) is 18.5. The molecule has 0 saturated heterocycles. The van der Waals surface area contributed by atoms with Gasteiger partial charge in [-0.3, -0.25) is 14.4 Å². The van der Waals surface area contributed by atoms with Gasteiger partial charge in [0.1, 0.15) is 13.2 Å². The zero-order valence-electron chi connectivity index (χ0n) is 42.6. The summed E-state index contributed by atoms with van der Waals surface area (Å²) in [5, 5.41) is 0. The van der Waals surface area contributed by atoms with E-state index in [-0.39, 0.29) is 31.1 Å². The molecule has 1 unspecified atom stereocenters. The van der Waals surface area contributed by atoms with Gasteiger partial charge in [-0.25, -0.2) is 0 Å². The number of allylic oxidation sites excluding steroid dienone is 2. The Kier molecular flexibility index (Phi) is 51.2. The minimum Gasteiger partial charge on any atom is -0.462 e. The normalized spacial score (nSPS) is 12.0. The smallest absolute Gasteiger partial charge is 0.306 e. The molecule has 6 nitrogen and oxygen atoms in total. The van der Waals surface area contributed by atoms with Crippen LogP contribution in [0.3, 0.4) is 0 Å². The van der Waals surface area contributed by atoms with Crippen LogP contribution in [0.2, 0.25) is 0 Å². The average molecular weight is 889 g/mol. The molecular formula is C57H108O6. The van der Waals surface area contributed by atoms with Crippen molar-refractivity contribution in [3.05, 3.63) is 12.2 Å². The molecule has 0 bridgehead atoms. The Morgan fingerprint density at radius 2 is 0.556 bits per heavy atom. The van der Waals surface area contributed by atoms with Crippen LogP contribution in [0.5, 0.6) is 0 Å². The van der Waals surface area contributed by atoms with Crippen LogP contribution in [-0.4, -0.2) is 37.2 Å². The highest BCUT2D eigenvalue weighted by Crippen LogP contribution is 2.17. The first kappa shape index (κ1) is 61.1. The van der Waals surface area contributed by atoms with E-state index in [1.807, 2.05) is 0 Å². The highest BCUT2D eigenvalue weighted by molar-refractivity contribution is 5.71. The molecular weight excluding hydrogens is 781 g/mol. The summed E-state index contributed by atoms with van der Waals surface area (Å²) < 4.78 is 16.7. The SMILES string of the molecule is CCC/C=C\CCCCCCCC(=O)OC(COC(=O)CCCCCCCCCC)COC(=O)CCCCCCCCCCCCCCCCCCCCCCCCCCCCC. The second-order valence-electron chi connectivity index (χ2n) is 19.2. The van der Waals surface area contributed by atoms with Gasteiger partial charge in [0.05, 0.1) is 0 Å². The lowest BCUT2D eigenvalue weighted by molar-refractivity contribution is -0.167. The number of esters is 3. The zero-order valence-corrected chi connectivity index (χ0v) is 42.6. The molecule has 0 aliphatic rings. The van der Waals surface area contributed by atoms with Crippen molar-refractivity contribution < 1.29 is 28.6 Å². The van der Waals surface area contributed by atoms with Gasteiger partial charge < -0.3 is 14.2 Å². The number of unbranched alkanes of at least 4 members (excludes halogenated alkanes) is 39. The van der Waals surface area contributed by atoms with Crippen LogP contribution in [-0.2, 0) is 28.6 Å². The van der Waals surface area contributed by atoms with Crippen molar-refractivity contribution in [1.82, 2.24) is 0 Å². The molecule has 0 aromatic heterocycles. The molecule has 0 aromatic carbocycles. The van der Waals surface area contributed by atoms with Crippen molar-refractivity contribution in [2.24, 2.45) is 0 Å². The first-order chi connectivity index (χ1) is 31.0. The van der Waals surface area contributed by atoms with E-state index in [4.69, 9.17) is 14.2 Å². The van der Waals surface area contributed by atoms with Gasteiger partial charge in [0, 0.05) is 19.3 Å². The minimum atomic E-state index is -0.766. The molecule has 0 spiro atoms. The Hall–Kier alpha value is -1.85. The quantitative estimate of drug-likeness (QED) is 0.0262. The fourth-order valence-electron chi connectivity index (χ4n) is 8.51. The molecule has 372 valence electrons. The Balaban J connectivity index is 3.98. The monoisotopic (exact) mass is 889 g/mol. The van der Waals surface area contributed by atoms with Gasteiger partial charge in [-0.15, -0.1) is 0 Å². The number of carbonyl (C=O) groups excluding carboxylic acids is 3. The summed E-state index contributed by atoms with van der Waals surface area (Å²) in [4.78, 5) is 37.8. The summed E-state index contributed by atoms with van der Waals surface area (Å²) >= 11 is 0. The van der Waals surface area contributed by atoms with Crippen LogP contribution in [0.15, 0.2) is 12.2 Å². The second-order valence-corrected chi connectivity index (χ2v) is 19.2. The molecule has 0 aromatic rings. The first-order valence-electron chi connectivity index (χ1n) is 28.2. The Bertz CT molecular complexity index is 978. The first-order valence-corrected chi connectivity index (χ1v) is 28.2. The molecule has 6 heteroatoms. The third kappa shape index (κ3) is 51.0. The van der Waals surface area contributed by atoms with Crippen molar-refractivity contribution >= 4 is 17.9 Å². The number of carbonyl (C=O) groups is 3. The Morgan fingerprint density at radius 3 is 0.857 bits per heavy atom. The van der Waals surface area contributed by atoms with Gasteiger partial charge in [-0.05, 0) is 38.5 Å². The van der Waals surface area contributed by atoms with Crippen LogP contribution in [0.25, 0.3) is 0 Å². The van der Waals surface area contributed by atoms with Crippen LogP contribution < -0.4 is 0 Å². The van der Waals surface area contributed by atoms with E-state index in [9.17, 15) is 14.4 Å². The lowest BCUT2D eigenvalue weighted by Crippen LogP contribution is -2.30. The van der Waals surface area contributed by atoms with E-state index >= 15 is 0 Å². The molecule has 0 amide bonds. The molecule has 1 atom stereocenters. The van der Waals surface area contributed by atoms with Gasteiger partial charge in [0.2, 0.25) is 0 Å². The average Bonchev–Trinajstić information content (AvgIpc) is 3.28. The molecule has 63 heavy (non-hydrogen) atoms. The Labute approximate surface area is 392 Å². The van der Waals surface area contributed by atoms with Gasteiger partial charge in [-0.2, -0.15) is 0 Å². The molecule has 0 aliphatic carbocycles. The van der Waals surface area contributed by atoms with Crippen molar-refractivity contribution in [3.63, 3.8) is 0 Å². The summed E-state index contributed by atoms with van der Waals surface area (Å²) in [5.74, 6) is -0.868. The maximum Gasteiger partial charge on any atom is 0.306 e. The number of rotatable bonds is 52. The van der Waals surface area contributed by atoms with Crippen LogP contribution in [0.1, 0.15) is 316 Å². The molecule has 0 radical (unpaired) electrons. The van der Waals surface area contributed by atoms with E-state index < -0.39 is 6.10 Å². The van der Waals surface area contributed by atoms with Crippen LogP contribution in [0.4, 0.5) is 0 Å². The Morgan fingerprint density at radius 1 is 0.302 bits per heavy atom. The fraction of sp³-hybridized carbons (Fsp3) is 0.912. The van der Waals surface area contributed by atoms with Crippen LogP contribution >= 0.6 is 0 Å². The summed E-state index contributed by atoms with van der Waals surface area (Å²) in [6.07, 6.45) is 59.6. The maximum absolute atomic E-state index is 12.7. The van der Waals surface area contributed by atoms with E-state index in [0.717, 1.165) is 70.6 Å². The summed E-state index contributed by atoms with van der Waals surface area (Å²) in [5.41, 5.74) is 0. The molecule has 0 aliphatic heterocycles. The van der Waals surface area contributed by atoms with Crippen molar-refractivity contribution in [2.75, 3.05) is 13.2 Å². The van der Waals surface area contributed by atoms with Gasteiger partial charge in [0.15, 0.2) is 6.10 Å². The fourth-order valence-corrected chi connectivity index (χ4v) is 8.51. The summed E-state index contributed by atoms with van der Waals surface area (Å²) in [6, 6.07) is 0.